The van der Waals surface area contributed by atoms with Crippen molar-refractivity contribution in [3.05, 3.63) is 74.0 Å². The SMILES string of the molecule is COc1c(Br)cc(C=NNc2nc(-c3ccccc3)c(C#N)c(=O)[nH]2)cc1C(F)(F)F. The Bertz CT molecular complexity index is 1230. The van der Waals surface area contributed by atoms with Gasteiger partial charge in [-0.3, -0.25) is 9.78 Å². The van der Waals surface area contributed by atoms with Crippen LogP contribution in [0.1, 0.15) is 16.7 Å². The van der Waals surface area contributed by atoms with E-state index < -0.39 is 17.3 Å². The van der Waals surface area contributed by atoms with Crippen LogP contribution in [0.25, 0.3) is 11.3 Å². The van der Waals surface area contributed by atoms with Crippen LogP contribution in [-0.2, 0) is 6.18 Å². The number of alkyl halides is 3. The number of nitriles is 1. The van der Waals surface area contributed by atoms with Crippen molar-refractivity contribution in [2.24, 2.45) is 5.10 Å². The van der Waals surface area contributed by atoms with Gasteiger partial charge in [-0.1, -0.05) is 30.3 Å². The monoisotopic (exact) mass is 491 g/mol. The van der Waals surface area contributed by atoms with Gasteiger partial charge in [-0.05, 0) is 33.6 Å². The van der Waals surface area contributed by atoms with Gasteiger partial charge < -0.3 is 4.74 Å². The van der Waals surface area contributed by atoms with Gasteiger partial charge >= 0.3 is 6.18 Å². The van der Waals surface area contributed by atoms with Crippen LogP contribution >= 0.6 is 15.9 Å². The molecule has 1 heterocycles. The summed E-state index contributed by atoms with van der Waals surface area (Å²) < 4.78 is 44.7. The van der Waals surface area contributed by atoms with Gasteiger partial charge in [0.15, 0.2) is 0 Å². The number of H-pyrrole nitrogens is 1. The summed E-state index contributed by atoms with van der Waals surface area (Å²) in [6.07, 6.45) is -3.50. The number of hydrogen-bond acceptors (Lipinski definition) is 6. The Morgan fingerprint density at radius 2 is 2.00 bits per heavy atom. The molecule has 3 aromatic rings. The van der Waals surface area contributed by atoms with Crippen molar-refractivity contribution in [2.45, 2.75) is 6.18 Å². The van der Waals surface area contributed by atoms with E-state index in [-0.39, 0.29) is 33.0 Å². The van der Waals surface area contributed by atoms with E-state index in [9.17, 15) is 23.2 Å². The molecule has 0 atom stereocenters. The van der Waals surface area contributed by atoms with Gasteiger partial charge in [-0.2, -0.15) is 23.5 Å². The summed E-state index contributed by atoms with van der Waals surface area (Å²) in [6.45, 7) is 0. The highest BCUT2D eigenvalue weighted by atomic mass is 79.9. The van der Waals surface area contributed by atoms with Crippen LogP contribution < -0.4 is 15.7 Å². The van der Waals surface area contributed by atoms with E-state index in [0.29, 0.717) is 5.56 Å². The molecule has 0 fully saturated rings. The third-order valence-corrected chi connectivity index (χ3v) is 4.63. The number of nitrogens with one attached hydrogen (secondary N) is 2. The number of methoxy groups -OCH3 is 1. The first-order valence-electron chi connectivity index (χ1n) is 8.58. The van der Waals surface area contributed by atoms with Gasteiger partial charge in [0.1, 0.15) is 17.4 Å². The molecule has 0 saturated heterocycles. The maximum atomic E-state index is 13.3. The molecule has 0 amide bonds. The maximum absolute atomic E-state index is 13.3. The van der Waals surface area contributed by atoms with Crippen LogP contribution in [0.2, 0.25) is 0 Å². The molecule has 31 heavy (non-hydrogen) atoms. The normalized spacial score (nSPS) is 11.4. The number of rotatable bonds is 5. The van der Waals surface area contributed by atoms with E-state index in [0.717, 1.165) is 19.4 Å². The number of nitrogens with zero attached hydrogens (tertiary/aromatic N) is 3. The van der Waals surface area contributed by atoms with Crippen LogP contribution in [0.5, 0.6) is 5.75 Å². The first kappa shape index (κ1) is 22.0. The van der Waals surface area contributed by atoms with E-state index >= 15 is 0 Å². The molecule has 0 saturated carbocycles. The Morgan fingerprint density at radius 3 is 2.61 bits per heavy atom. The topological polar surface area (TPSA) is 103 Å². The Morgan fingerprint density at radius 1 is 1.29 bits per heavy atom. The number of hydrogen-bond donors (Lipinski definition) is 2. The number of aromatic nitrogens is 2. The second-order valence-corrected chi connectivity index (χ2v) is 6.92. The highest BCUT2D eigenvalue weighted by Gasteiger charge is 2.35. The molecule has 0 aliphatic heterocycles. The largest absolute Gasteiger partial charge is 0.495 e. The number of anilines is 1. The Kier molecular flexibility index (Phi) is 6.41. The predicted octanol–water partition coefficient (Wildman–Crippen LogP) is 4.54. The molecular weight excluding hydrogens is 479 g/mol. The third-order valence-electron chi connectivity index (χ3n) is 4.04. The maximum Gasteiger partial charge on any atom is 0.420 e. The average molecular weight is 492 g/mol. The highest BCUT2D eigenvalue weighted by molar-refractivity contribution is 9.10. The molecule has 0 bridgehead atoms. The van der Waals surface area contributed by atoms with E-state index in [1.54, 1.807) is 30.3 Å². The molecule has 3 rings (SSSR count). The number of halogens is 4. The number of hydrazone groups is 1. The van der Waals surface area contributed by atoms with Crippen molar-refractivity contribution >= 4 is 28.1 Å². The first-order chi connectivity index (χ1) is 14.7. The Hall–Kier alpha value is -3.65. The summed E-state index contributed by atoms with van der Waals surface area (Å²) in [5.41, 5.74) is 1.46. The molecule has 0 unspecified atom stereocenters. The fourth-order valence-corrected chi connectivity index (χ4v) is 3.35. The lowest BCUT2D eigenvalue weighted by Crippen LogP contribution is -2.16. The second-order valence-electron chi connectivity index (χ2n) is 6.07. The molecule has 0 spiro atoms. The summed E-state index contributed by atoms with van der Waals surface area (Å²) >= 11 is 3.05. The van der Waals surface area contributed by atoms with Crippen molar-refractivity contribution in [3.63, 3.8) is 0 Å². The summed E-state index contributed by atoms with van der Waals surface area (Å²) in [4.78, 5) is 18.8. The lowest BCUT2D eigenvalue weighted by atomic mass is 10.1. The van der Waals surface area contributed by atoms with Gasteiger partial charge in [0, 0.05) is 5.56 Å². The molecule has 0 aliphatic carbocycles. The fraction of sp³-hybridized carbons (Fsp3) is 0.100. The zero-order chi connectivity index (χ0) is 22.6. The predicted molar refractivity (Wildman–Crippen MR) is 112 cm³/mol. The average Bonchev–Trinajstić information content (AvgIpc) is 2.73. The van der Waals surface area contributed by atoms with E-state index in [4.69, 9.17) is 4.74 Å². The van der Waals surface area contributed by atoms with Crippen LogP contribution in [0, 0.1) is 11.3 Å². The Balaban J connectivity index is 1.93. The zero-order valence-electron chi connectivity index (χ0n) is 15.8. The van der Waals surface area contributed by atoms with Crippen molar-refractivity contribution in [1.82, 2.24) is 9.97 Å². The van der Waals surface area contributed by atoms with Gasteiger partial charge in [0.25, 0.3) is 5.56 Å². The summed E-state index contributed by atoms with van der Waals surface area (Å²) in [5, 5.41) is 13.1. The van der Waals surface area contributed by atoms with Crippen LogP contribution in [-0.4, -0.2) is 23.3 Å². The minimum atomic E-state index is -4.63. The van der Waals surface area contributed by atoms with Crippen molar-refractivity contribution in [1.29, 1.82) is 5.26 Å². The van der Waals surface area contributed by atoms with E-state index in [1.807, 2.05) is 6.07 Å². The van der Waals surface area contributed by atoms with Crippen LogP contribution in [0.15, 0.2) is 56.8 Å². The molecule has 158 valence electrons. The van der Waals surface area contributed by atoms with Crippen molar-refractivity contribution in [2.75, 3.05) is 12.5 Å². The number of ether oxygens (including phenoxy) is 1. The van der Waals surface area contributed by atoms with Crippen molar-refractivity contribution in [3.8, 4) is 23.1 Å². The summed E-state index contributed by atoms with van der Waals surface area (Å²) in [6, 6.07) is 12.7. The van der Waals surface area contributed by atoms with Gasteiger partial charge in [0.2, 0.25) is 5.95 Å². The molecule has 2 N–H and O–H groups in total. The van der Waals surface area contributed by atoms with Crippen LogP contribution in [0.4, 0.5) is 19.1 Å². The Labute approximate surface area is 182 Å². The minimum Gasteiger partial charge on any atom is -0.495 e. The third kappa shape index (κ3) is 4.92. The lowest BCUT2D eigenvalue weighted by Gasteiger charge is -2.14. The second kappa shape index (κ2) is 9.01. The zero-order valence-corrected chi connectivity index (χ0v) is 17.4. The quantitative estimate of drug-likeness (QED) is 0.402. The molecule has 7 nitrogen and oxygen atoms in total. The van der Waals surface area contributed by atoms with E-state index in [2.05, 4.69) is 36.4 Å². The lowest BCUT2D eigenvalue weighted by molar-refractivity contribution is -0.138. The van der Waals surface area contributed by atoms with Gasteiger partial charge in [0.05, 0.1) is 29.1 Å². The standard InChI is InChI=1S/C20H13BrF3N5O2/c1-31-17-14(20(22,23)24)7-11(8-15(17)21)10-26-29-19-27-16(12-5-3-2-4-6-12)13(9-25)18(30)28-19/h2-8,10H,1H3,(H2,27,28,29,30). The molecule has 1 aromatic heterocycles. The summed E-state index contributed by atoms with van der Waals surface area (Å²) in [7, 11) is 1.14. The smallest absolute Gasteiger partial charge is 0.420 e. The molecule has 2 aromatic carbocycles. The first-order valence-corrected chi connectivity index (χ1v) is 9.37. The van der Waals surface area contributed by atoms with Crippen molar-refractivity contribution < 1.29 is 17.9 Å². The summed E-state index contributed by atoms with van der Waals surface area (Å²) in [5.74, 6) is -0.425. The minimum absolute atomic E-state index is 0.0808. The molecule has 0 radical (unpaired) electrons. The van der Waals surface area contributed by atoms with E-state index in [1.165, 1.54) is 6.07 Å². The molecule has 0 aliphatic rings. The molecule has 11 heteroatoms. The number of aromatic amines is 1. The van der Waals surface area contributed by atoms with Crippen LogP contribution in [0.3, 0.4) is 0 Å². The fourth-order valence-electron chi connectivity index (χ4n) is 2.71. The van der Waals surface area contributed by atoms with Gasteiger partial charge in [-0.15, -0.1) is 0 Å². The molecular formula is C20H13BrF3N5O2. The highest BCUT2D eigenvalue weighted by Crippen LogP contribution is 2.40. The van der Waals surface area contributed by atoms with Gasteiger partial charge in [-0.25, -0.2) is 10.4 Å². The number of benzene rings is 2.